The summed E-state index contributed by atoms with van der Waals surface area (Å²) < 4.78 is 0. The number of amides is 2. The molecule has 1 saturated heterocycles. The van der Waals surface area contributed by atoms with Crippen LogP contribution >= 0.6 is 0 Å². The van der Waals surface area contributed by atoms with Crippen LogP contribution in [0.2, 0.25) is 0 Å². The number of Topliss-reactive ketones (excluding diaryl/α,β-unsaturated/α-hetero) is 1. The first kappa shape index (κ1) is 51.4. The minimum atomic E-state index is -0.892. The number of unbranched alkanes of at least 4 members (excludes halogenated alkanes) is 4. The number of nitrogens with two attached hydrogens (primary N) is 1. The molecule has 1 fully saturated rings. The summed E-state index contributed by atoms with van der Waals surface area (Å²) >= 11 is 0. The van der Waals surface area contributed by atoms with Crippen LogP contribution in [-0.2, 0) is 43.3 Å². The van der Waals surface area contributed by atoms with Gasteiger partial charge in [0.25, 0.3) is 18.3 Å². The van der Waals surface area contributed by atoms with Gasteiger partial charge in [-0.25, -0.2) is 4.79 Å². The molecular weight excluding hydrogens is 627 g/mol. The summed E-state index contributed by atoms with van der Waals surface area (Å²) in [4.78, 5) is 82.9. The Labute approximate surface area is 301 Å². The van der Waals surface area contributed by atoms with Crippen LogP contribution in [0.1, 0.15) is 126 Å². The van der Waals surface area contributed by atoms with Crippen LogP contribution < -0.4 is 40.5 Å². The molecule has 1 rings (SSSR count). The third-order valence-corrected chi connectivity index (χ3v) is 7.49. The van der Waals surface area contributed by atoms with Crippen LogP contribution in [-0.4, -0.2) is 63.3 Å². The molecule has 0 unspecified atom stereocenters. The van der Waals surface area contributed by atoms with Crippen molar-refractivity contribution in [2.24, 2.45) is 35.3 Å². The Morgan fingerprint density at radius 2 is 1.26 bits per heavy atom. The predicted octanol–water partition coefficient (Wildman–Crippen LogP) is 0.822. The molecule has 4 N–H and O–H groups in total. The fraction of sp³-hybridized carbons (Fsp3) is 0.781. The van der Waals surface area contributed by atoms with Gasteiger partial charge >= 0.3 is 47.5 Å². The van der Waals surface area contributed by atoms with E-state index in [-0.39, 0.29) is 84.7 Å². The number of carbonyl (C=O) groups excluding carboxylic acids is 5. The number of hydrogen-bond donors (Lipinski definition) is 3. The molecule has 1 aliphatic heterocycles. The second-order valence-electron chi connectivity index (χ2n) is 11.9. The molecule has 47 heavy (non-hydrogen) atoms. The van der Waals surface area contributed by atoms with Crippen LogP contribution in [0.3, 0.4) is 0 Å². The third-order valence-electron chi connectivity index (χ3n) is 7.49. The number of hydroxylamine groups is 2. The number of aliphatic carboxylic acids is 2. The molecule has 1 heterocycles. The molecule has 0 aliphatic carbocycles. The van der Waals surface area contributed by atoms with Crippen molar-refractivity contribution in [3.8, 4) is 0 Å². The molecule has 0 saturated carbocycles. The quantitative estimate of drug-likeness (QED) is 0.0454. The zero-order chi connectivity index (χ0) is 36.4. The van der Waals surface area contributed by atoms with Gasteiger partial charge in [0.05, 0.1) is 11.8 Å². The van der Waals surface area contributed by atoms with E-state index >= 15 is 0 Å². The number of hydrogen-bond acceptors (Lipinski definition) is 11. The molecule has 15 heteroatoms. The van der Waals surface area contributed by atoms with Crippen LogP contribution in [0.4, 0.5) is 0 Å². The summed E-state index contributed by atoms with van der Waals surface area (Å²) in [6, 6.07) is -0.661. The fourth-order valence-electron chi connectivity index (χ4n) is 3.59. The van der Waals surface area contributed by atoms with Crippen molar-refractivity contribution in [2.75, 3.05) is 0 Å². The molecule has 268 valence electrons. The molecular formula is C32H57N2NaO12. The number of carboxylic acid groups (broad SMARTS) is 2. The van der Waals surface area contributed by atoms with E-state index in [1.54, 1.807) is 6.92 Å². The summed E-state index contributed by atoms with van der Waals surface area (Å²) in [6.07, 6.45) is 7.78. The Morgan fingerprint density at radius 1 is 0.830 bits per heavy atom. The topological polar surface area (TPSA) is 231 Å². The van der Waals surface area contributed by atoms with E-state index in [0.717, 1.165) is 38.5 Å². The van der Waals surface area contributed by atoms with E-state index in [4.69, 9.17) is 30.8 Å². The van der Waals surface area contributed by atoms with Crippen molar-refractivity contribution in [3.63, 3.8) is 0 Å². The molecule has 1 aliphatic rings. The Kier molecular flexibility index (Phi) is 33.8. The average molecular weight is 685 g/mol. The first-order valence-corrected chi connectivity index (χ1v) is 16.0. The maximum atomic E-state index is 11.9. The number of nitrogens with zero attached hydrogens (tertiary/aromatic N) is 1. The summed E-state index contributed by atoms with van der Waals surface area (Å²) in [5.74, 6) is -3.50. The van der Waals surface area contributed by atoms with Gasteiger partial charge < -0.3 is 30.9 Å². The number of carbonyl (C=O) groups is 7. The maximum Gasteiger partial charge on any atom is 1.00 e. The zero-order valence-electron chi connectivity index (χ0n) is 29.8. The first-order chi connectivity index (χ1) is 21.4. The monoisotopic (exact) mass is 684 g/mol. The third kappa shape index (κ3) is 26.3. The summed E-state index contributed by atoms with van der Waals surface area (Å²) in [5, 5.41) is 26.5. The van der Waals surface area contributed by atoms with Crippen molar-refractivity contribution in [2.45, 2.75) is 132 Å². The maximum absolute atomic E-state index is 11.9. The van der Waals surface area contributed by atoms with Gasteiger partial charge in [-0.2, -0.15) is 0 Å². The van der Waals surface area contributed by atoms with Crippen molar-refractivity contribution >= 4 is 42.0 Å². The minimum Gasteiger partial charge on any atom is -0.662 e. The average Bonchev–Trinajstić information content (AvgIpc) is 3.32. The van der Waals surface area contributed by atoms with E-state index in [9.17, 15) is 28.8 Å². The summed E-state index contributed by atoms with van der Waals surface area (Å²) in [5.41, 5.74) is 5.26. The first-order valence-electron chi connectivity index (χ1n) is 16.0. The number of imide groups is 1. The molecule has 0 aromatic rings. The normalized spacial score (nSPS) is 14.4. The molecule has 0 radical (unpaired) electrons. The van der Waals surface area contributed by atoms with E-state index in [2.05, 4.69) is 18.7 Å². The van der Waals surface area contributed by atoms with Gasteiger partial charge in [-0.15, -0.1) is 5.06 Å². The van der Waals surface area contributed by atoms with E-state index in [1.807, 2.05) is 34.6 Å². The standard InChI is InChI=1S/C14H26O3.C10H15NO4.C7H15NO2.CH2O3.Na/c1-5-6-7-8-12(14(16)17)9-13(15)11(4)10(2)3;1-6(2)7(3)10(14)15-11-8(12)4-5-9(11)13;1-2-3-4-5-6(8)7(9)10;2-1-4-3;/h10-12H,5-9H2,1-4H3,(H,16,17);6-7H,4-5H2,1-3H3;6H,2-5,8H2,1H3,(H,9,10);1,3H;/q;;;;+1/p-1/t11-,12+;7-;6-;;/m000../s1. The van der Waals surface area contributed by atoms with Crippen molar-refractivity contribution < 1.29 is 88.3 Å². The second kappa shape index (κ2) is 30.9. The van der Waals surface area contributed by atoms with E-state index in [0.29, 0.717) is 17.9 Å². The van der Waals surface area contributed by atoms with Gasteiger partial charge in [0.2, 0.25) is 0 Å². The Bertz CT molecular complexity index is 914. The molecule has 0 aromatic heterocycles. The second-order valence-corrected chi connectivity index (χ2v) is 11.9. The van der Waals surface area contributed by atoms with Crippen molar-refractivity contribution in [1.29, 1.82) is 0 Å². The van der Waals surface area contributed by atoms with Gasteiger partial charge in [0.15, 0.2) is 0 Å². The largest absolute Gasteiger partial charge is 1.00 e. The van der Waals surface area contributed by atoms with Crippen LogP contribution in [0, 0.1) is 29.6 Å². The van der Waals surface area contributed by atoms with Crippen LogP contribution in [0.5, 0.6) is 0 Å². The van der Waals surface area contributed by atoms with E-state index < -0.39 is 41.7 Å². The summed E-state index contributed by atoms with van der Waals surface area (Å²) in [7, 11) is 0. The Morgan fingerprint density at radius 3 is 1.60 bits per heavy atom. The van der Waals surface area contributed by atoms with E-state index in [1.165, 1.54) is 0 Å². The van der Waals surface area contributed by atoms with Crippen molar-refractivity contribution in [3.05, 3.63) is 0 Å². The van der Waals surface area contributed by atoms with Gasteiger partial charge in [-0.05, 0) is 24.7 Å². The molecule has 0 aromatic carbocycles. The van der Waals surface area contributed by atoms with Gasteiger partial charge in [0.1, 0.15) is 11.8 Å². The molecule has 2 amide bonds. The Hall–Kier alpha value is -2.39. The minimum absolute atomic E-state index is 0. The SMILES string of the molecule is CC(C)[C@H](C)C(=O)ON1C(=O)CCC1=O.CCCCC[C@H](CC(=O)[C@@H](C)C(C)C)C(=O)O.CCCCC[C@H](N)C(=O)O.O=CO[O-].[Na+]. The van der Waals surface area contributed by atoms with Crippen LogP contribution in [0.15, 0.2) is 0 Å². The number of ketones is 1. The molecule has 4 atom stereocenters. The zero-order valence-corrected chi connectivity index (χ0v) is 31.8. The van der Waals surface area contributed by atoms with Gasteiger partial charge in [-0.1, -0.05) is 93.9 Å². The molecule has 14 nitrogen and oxygen atoms in total. The molecule has 0 spiro atoms. The number of carboxylic acids is 2. The molecule has 0 bridgehead atoms. The summed E-state index contributed by atoms with van der Waals surface area (Å²) in [6.45, 7) is 15.3. The fourth-order valence-corrected chi connectivity index (χ4v) is 3.59. The van der Waals surface area contributed by atoms with Gasteiger partial charge in [-0.3, -0.25) is 28.8 Å². The van der Waals surface area contributed by atoms with Gasteiger partial charge in [0, 0.05) is 25.2 Å². The predicted molar refractivity (Wildman–Crippen MR) is 167 cm³/mol. The smallest absolute Gasteiger partial charge is 0.662 e. The Balaban J connectivity index is -0.000000283. The number of rotatable bonds is 18. The van der Waals surface area contributed by atoms with Crippen molar-refractivity contribution in [1.82, 2.24) is 5.06 Å². The van der Waals surface area contributed by atoms with Crippen LogP contribution in [0.25, 0.3) is 0 Å².